The third kappa shape index (κ3) is 5.85. The van der Waals surface area contributed by atoms with Crippen LogP contribution in [0.2, 0.25) is 0 Å². The van der Waals surface area contributed by atoms with Crippen molar-refractivity contribution in [2.24, 2.45) is 0 Å². The van der Waals surface area contributed by atoms with E-state index < -0.39 is 11.9 Å². The van der Waals surface area contributed by atoms with E-state index in [4.69, 9.17) is 10.7 Å². The number of nitrogen functional groups attached to an aromatic ring is 1. The van der Waals surface area contributed by atoms with Crippen LogP contribution in [-0.4, -0.2) is 77.8 Å². The van der Waals surface area contributed by atoms with Gasteiger partial charge in [0.15, 0.2) is 0 Å². The molecule has 0 aliphatic carbocycles. The van der Waals surface area contributed by atoms with Gasteiger partial charge in [-0.25, -0.2) is 15.0 Å². The molecule has 2 atom stereocenters. The maximum Gasteiger partial charge on any atom is 0.256 e. The first-order valence-corrected chi connectivity index (χ1v) is 17.0. The van der Waals surface area contributed by atoms with Crippen molar-refractivity contribution in [2.45, 2.75) is 44.3 Å². The van der Waals surface area contributed by atoms with E-state index in [-0.39, 0.29) is 61.4 Å². The first-order chi connectivity index (χ1) is 25.3. The number of carbonyl (C=O) groups excluding carboxylic acids is 5. The Labute approximate surface area is 297 Å². The van der Waals surface area contributed by atoms with Gasteiger partial charge >= 0.3 is 0 Å². The first-order valence-electron chi connectivity index (χ1n) is 17.0. The van der Waals surface area contributed by atoms with Gasteiger partial charge in [-0.3, -0.25) is 33.7 Å². The molecular formula is C37H34N10O5. The number of anilines is 3. The molecule has 15 nitrogen and oxygen atoms in total. The second-order valence-electron chi connectivity index (χ2n) is 12.9. The Morgan fingerprint density at radius 2 is 1.79 bits per heavy atom. The average molecular weight is 699 g/mol. The maximum atomic E-state index is 13.8. The molecule has 262 valence electrons. The van der Waals surface area contributed by atoms with E-state index >= 15 is 0 Å². The number of imidazole rings is 1. The van der Waals surface area contributed by atoms with Crippen molar-refractivity contribution in [3.8, 4) is 11.3 Å². The molecule has 8 rings (SSSR count). The fraction of sp³-hybridized carbons (Fsp3) is 0.243. The quantitative estimate of drug-likeness (QED) is 0.175. The molecule has 3 aliphatic rings. The molecule has 0 radical (unpaired) electrons. The van der Waals surface area contributed by atoms with Crippen molar-refractivity contribution in [2.75, 3.05) is 29.5 Å². The van der Waals surface area contributed by atoms with Crippen molar-refractivity contribution in [1.82, 2.24) is 34.5 Å². The van der Waals surface area contributed by atoms with Gasteiger partial charge in [-0.1, -0.05) is 24.3 Å². The number of carbonyl (C=O) groups is 5. The summed E-state index contributed by atoms with van der Waals surface area (Å²) in [5, 5.41) is 8.35. The van der Waals surface area contributed by atoms with E-state index in [0.717, 1.165) is 12.0 Å². The number of nitrogens with two attached hydrogens (primary N) is 1. The van der Waals surface area contributed by atoms with E-state index in [1.54, 1.807) is 78.1 Å². The number of piperidine rings is 1. The number of rotatable bonds is 8. The minimum atomic E-state index is -0.731. The lowest BCUT2D eigenvalue weighted by Crippen LogP contribution is -2.52. The van der Waals surface area contributed by atoms with Crippen molar-refractivity contribution < 1.29 is 24.0 Å². The van der Waals surface area contributed by atoms with Gasteiger partial charge in [0.1, 0.15) is 34.7 Å². The fourth-order valence-corrected chi connectivity index (χ4v) is 7.29. The van der Waals surface area contributed by atoms with Gasteiger partial charge in [-0.2, -0.15) is 0 Å². The summed E-state index contributed by atoms with van der Waals surface area (Å²) < 4.78 is 1.88. The van der Waals surface area contributed by atoms with Crippen LogP contribution in [0.15, 0.2) is 79.3 Å². The summed E-state index contributed by atoms with van der Waals surface area (Å²) in [7, 11) is 0. The van der Waals surface area contributed by atoms with Crippen LogP contribution in [0.25, 0.3) is 16.8 Å². The highest BCUT2D eigenvalue weighted by Gasteiger charge is 2.40. The number of hydrogen-bond donors (Lipinski definition) is 4. The Bertz CT molecular complexity index is 2250. The second-order valence-corrected chi connectivity index (χ2v) is 12.9. The average Bonchev–Trinajstić information content (AvgIpc) is 3.88. The number of benzene rings is 2. The van der Waals surface area contributed by atoms with Crippen LogP contribution in [-0.2, 0) is 20.9 Å². The largest absolute Gasteiger partial charge is 0.382 e. The number of pyridine rings is 1. The summed E-state index contributed by atoms with van der Waals surface area (Å²) >= 11 is 0. The number of hydrogen-bond acceptors (Lipinski definition) is 10. The molecule has 1 unspecified atom stereocenters. The van der Waals surface area contributed by atoms with E-state index in [1.807, 2.05) is 10.5 Å². The van der Waals surface area contributed by atoms with Crippen LogP contribution in [0, 0.1) is 0 Å². The summed E-state index contributed by atoms with van der Waals surface area (Å²) in [6.07, 6.45) is 6.88. The second kappa shape index (κ2) is 13.2. The number of fused-ring (bicyclic) bond motifs is 2. The molecule has 3 aromatic heterocycles. The molecular weight excluding hydrogens is 664 g/mol. The molecule has 0 bridgehead atoms. The van der Waals surface area contributed by atoms with Crippen LogP contribution >= 0.6 is 0 Å². The SMILES string of the molecule is Nc1nccn2c([C@@H]3CCCN3C(=O)CNc3cccc4c3CN(C3CCC(=O)NC3=O)C4=O)nc(-c3ccc(C(=O)Nc4ccccn4)cc3)c12. The normalized spacial score (nSPS) is 18.4. The number of amides is 5. The molecule has 6 heterocycles. The Kier molecular flexibility index (Phi) is 8.29. The number of nitrogens with one attached hydrogen (secondary N) is 3. The van der Waals surface area contributed by atoms with Crippen LogP contribution in [0.4, 0.5) is 17.3 Å². The Morgan fingerprint density at radius 3 is 2.58 bits per heavy atom. The lowest BCUT2D eigenvalue weighted by molar-refractivity contribution is -0.137. The minimum absolute atomic E-state index is 0.0263. The van der Waals surface area contributed by atoms with Crippen molar-refractivity contribution in [3.05, 3.63) is 102 Å². The topological polar surface area (TPSA) is 197 Å². The van der Waals surface area contributed by atoms with Crippen molar-refractivity contribution in [1.29, 1.82) is 0 Å². The van der Waals surface area contributed by atoms with Gasteiger partial charge in [0.2, 0.25) is 17.7 Å². The minimum Gasteiger partial charge on any atom is -0.382 e. The van der Waals surface area contributed by atoms with Crippen LogP contribution in [0.1, 0.15) is 63.8 Å². The highest BCUT2D eigenvalue weighted by molar-refractivity contribution is 6.06. The van der Waals surface area contributed by atoms with Gasteiger partial charge in [0, 0.05) is 66.0 Å². The Hall–Kier alpha value is -6.64. The van der Waals surface area contributed by atoms with E-state index in [0.29, 0.717) is 58.2 Å². The van der Waals surface area contributed by atoms with Crippen molar-refractivity contribution in [3.63, 3.8) is 0 Å². The summed E-state index contributed by atoms with van der Waals surface area (Å²) in [4.78, 5) is 81.0. The van der Waals surface area contributed by atoms with Crippen LogP contribution < -0.4 is 21.7 Å². The molecule has 3 aliphatic heterocycles. The molecule has 2 saturated heterocycles. The Morgan fingerprint density at radius 1 is 0.942 bits per heavy atom. The predicted octanol–water partition coefficient (Wildman–Crippen LogP) is 3.16. The molecule has 0 spiro atoms. The summed E-state index contributed by atoms with van der Waals surface area (Å²) in [6.45, 7) is 0.699. The summed E-state index contributed by atoms with van der Waals surface area (Å²) in [6, 6.07) is 16.5. The lowest BCUT2D eigenvalue weighted by atomic mass is 10.0. The first kappa shape index (κ1) is 32.6. The zero-order chi connectivity index (χ0) is 35.9. The highest BCUT2D eigenvalue weighted by atomic mass is 16.2. The summed E-state index contributed by atoms with van der Waals surface area (Å²) in [5.41, 5.74) is 10.6. The van der Waals surface area contributed by atoms with Gasteiger partial charge < -0.3 is 26.2 Å². The third-order valence-electron chi connectivity index (χ3n) is 9.82. The number of aromatic nitrogens is 4. The smallest absolute Gasteiger partial charge is 0.256 e. The lowest BCUT2D eigenvalue weighted by Gasteiger charge is -2.29. The molecule has 2 aromatic carbocycles. The third-order valence-corrected chi connectivity index (χ3v) is 9.82. The van der Waals surface area contributed by atoms with Crippen molar-refractivity contribution >= 4 is 52.4 Å². The van der Waals surface area contributed by atoms with Gasteiger partial charge in [0.05, 0.1) is 12.6 Å². The molecule has 0 saturated carbocycles. The van der Waals surface area contributed by atoms with E-state index in [9.17, 15) is 24.0 Å². The van der Waals surface area contributed by atoms with Gasteiger partial charge in [-0.05, 0) is 55.7 Å². The molecule has 5 aromatic rings. The molecule has 5 amide bonds. The summed E-state index contributed by atoms with van der Waals surface area (Å²) in [5.74, 6) is -0.164. The monoisotopic (exact) mass is 698 g/mol. The maximum absolute atomic E-state index is 13.8. The number of imide groups is 1. The van der Waals surface area contributed by atoms with Crippen LogP contribution in [0.3, 0.4) is 0 Å². The molecule has 2 fully saturated rings. The van der Waals surface area contributed by atoms with E-state index in [2.05, 4.69) is 25.9 Å². The van der Waals surface area contributed by atoms with E-state index in [1.165, 1.54) is 4.90 Å². The molecule has 5 N–H and O–H groups in total. The van der Waals surface area contributed by atoms with Gasteiger partial charge in [0.25, 0.3) is 11.8 Å². The standard InChI is InChI=1S/C37H34N10O5/c38-33-32-31(21-9-11-22(12-10-21)35(50)42-28-8-1-2-15-39-28)44-34(46(32)18-16-40-33)26-7-4-17-45(26)30(49)19-41-25-6-3-5-23-24(25)20-47(37(23)52)27-13-14-29(48)43-36(27)51/h1-3,5-6,8-12,15-16,18,26-27,41H,4,7,13-14,17,19-20H2,(H2,38,40)(H,39,42,50)(H,43,48,51)/t26-,27?/m0/s1. The predicted molar refractivity (Wildman–Crippen MR) is 190 cm³/mol. The van der Waals surface area contributed by atoms with Crippen LogP contribution in [0.5, 0.6) is 0 Å². The van der Waals surface area contributed by atoms with Gasteiger partial charge in [-0.15, -0.1) is 0 Å². The highest BCUT2D eigenvalue weighted by Crippen LogP contribution is 2.37. The zero-order valence-electron chi connectivity index (χ0n) is 27.9. The number of nitrogens with zero attached hydrogens (tertiary/aromatic N) is 6. The fourth-order valence-electron chi connectivity index (χ4n) is 7.29. The number of likely N-dealkylation sites (tertiary alicyclic amines) is 1. The zero-order valence-corrected chi connectivity index (χ0v) is 27.9. The molecule has 52 heavy (non-hydrogen) atoms. The Balaban J connectivity index is 1.00. The molecule has 15 heteroatoms.